The van der Waals surface area contributed by atoms with E-state index in [-0.39, 0.29) is 0 Å². The number of carboxylic acid groups (broad SMARTS) is 1. The van der Waals surface area contributed by atoms with Gasteiger partial charge in [-0.25, -0.2) is 4.79 Å². The SMILES string of the molecule is CC.CNC1Cc2cc(C(=O)O)[nH]c2C1. The van der Waals surface area contributed by atoms with Gasteiger partial charge in [0.25, 0.3) is 0 Å². The van der Waals surface area contributed by atoms with Crippen molar-refractivity contribution >= 4 is 5.97 Å². The fourth-order valence-electron chi connectivity index (χ4n) is 1.81. The van der Waals surface area contributed by atoms with Gasteiger partial charge >= 0.3 is 5.97 Å². The molecule has 0 saturated heterocycles. The van der Waals surface area contributed by atoms with Crippen molar-refractivity contribution < 1.29 is 9.90 Å². The Morgan fingerprint density at radius 3 is 2.67 bits per heavy atom. The molecule has 0 aromatic carbocycles. The van der Waals surface area contributed by atoms with Crippen molar-refractivity contribution in [2.24, 2.45) is 0 Å². The average Bonchev–Trinajstić information content (AvgIpc) is 2.77. The summed E-state index contributed by atoms with van der Waals surface area (Å²) in [5.41, 5.74) is 2.51. The van der Waals surface area contributed by atoms with Crippen molar-refractivity contribution in [1.29, 1.82) is 0 Å². The van der Waals surface area contributed by atoms with Crippen LogP contribution in [0.4, 0.5) is 0 Å². The summed E-state index contributed by atoms with van der Waals surface area (Å²) in [5.74, 6) is -0.879. The smallest absolute Gasteiger partial charge is 0.352 e. The van der Waals surface area contributed by atoms with Gasteiger partial charge in [-0.3, -0.25) is 0 Å². The van der Waals surface area contributed by atoms with Crippen LogP contribution in [0.1, 0.15) is 35.6 Å². The number of rotatable bonds is 2. The largest absolute Gasteiger partial charge is 0.477 e. The van der Waals surface area contributed by atoms with Crippen molar-refractivity contribution in [2.45, 2.75) is 32.7 Å². The van der Waals surface area contributed by atoms with E-state index in [4.69, 9.17) is 5.11 Å². The molecule has 0 fully saturated rings. The first-order valence-electron chi connectivity index (χ1n) is 5.32. The molecule has 15 heavy (non-hydrogen) atoms. The molecule has 1 unspecified atom stereocenters. The van der Waals surface area contributed by atoms with Gasteiger partial charge in [-0.2, -0.15) is 0 Å². The third kappa shape index (κ3) is 2.39. The number of nitrogens with one attached hydrogen (secondary N) is 2. The van der Waals surface area contributed by atoms with E-state index in [0.29, 0.717) is 11.7 Å². The zero-order chi connectivity index (χ0) is 11.4. The second-order valence-electron chi connectivity index (χ2n) is 3.39. The Morgan fingerprint density at radius 2 is 2.20 bits per heavy atom. The van der Waals surface area contributed by atoms with Gasteiger partial charge in [0.05, 0.1) is 0 Å². The zero-order valence-corrected chi connectivity index (χ0v) is 9.42. The minimum atomic E-state index is -0.879. The van der Waals surface area contributed by atoms with Crippen LogP contribution in [0, 0.1) is 0 Å². The number of aromatic carboxylic acids is 1. The van der Waals surface area contributed by atoms with Crippen LogP contribution in [0.25, 0.3) is 0 Å². The number of fused-ring (bicyclic) bond motifs is 1. The molecule has 1 aliphatic carbocycles. The fraction of sp³-hybridized carbons (Fsp3) is 0.545. The van der Waals surface area contributed by atoms with Crippen molar-refractivity contribution in [3.8, 4) is 0 Å². The third-order valence-electron chi connectivity index (χ3n) is 2.55. The lowest BCUT2D eigenvalue weighted by Crippen LogP contribution is -2.25. The van der Waals surface area contributed by atoms with E-state index >= 15 is 0 Å². The number of likely N-dealkylation sites (N-methyl/N-ethyl adjacent to an activating group) is 1. The number of carbonyl (C=O) groups is 1. The highest BCUT2D eigenvalue weighted by Gasteiger charge is 2.23. The van der Waals surface area contributed by atoms with Gasteiger partial charge in [-0.1, -0.05) is 13.8 Å². The normalized spacial score (nSPS) is 17.9. The Balaban J connectivity index is 0.000000531. The van der Waals surface area contributed by atoms with Crippen LogP contribution in [0.15, 0.2) is 6.07 Å². The molecule has 0 saturated carbocycles. The Bertz CT molecular complexity index is 321. The third-order valence-corrected chi connectivity index (χ3v) is 2.55. The molecule has 0 amide bonds. The quantitative estimate of drug-likeness (QED) is 0.691. The summed E-state index contributed by atoms with van der Waals surface area (Å²) in [6, 6.07) is 2.19. The van der Waals surface area contributed by atoms with E-state index in [9.17, 15) is 4.79 Å². The predicted octanol–water partition coefficient (Wildman–Crippen LogP) is 1.43. The van der Waals surface area contributed by atoms with E-state index in [1.54, 1.807) is 6.07 Å². The standard InChI is InChI=1S/C9H12N2O2.C2H6/c1-10-6-2-5-3-8(9(12)13)11-7(5)4-6;1-2/h3,6,10-11H,2,4H2,1H3,(H,12,13);1-2H3. The Hall–Kier alpha value is -1.29. The minimum absolute atomic E-state index is 0.305. The molecule has 0 bridgehead atoms. The van der Waals surface area contributed by atoms with Crippen LogP contribution in [0.2, 0.25) is 0 Å². The molecule has 0 spiro atoms. The molecule has 4 heteroatoms. The first-order valence-corrected chi connectivity index (χ1v) is 5.32. The highest BCUT2D eigenvalue weighted by molar-refractivity contribution is 5.86. The molecule has 84 valence electrons. The monoisotopic (exact) mass is 210 g/mol. The van der Waals surface area contributed by atoms with Crippen LogP contribution in [-0.2, 0) is 12.8 Å². The van der Waals surface area contributed by atoms with Gasteiger partial charge in [0.2, 0.25) is 0 Å². The maximum atomic E-state index is 10.6. The molecule has 1 aromatic heterocycles. The van der Waals surface area contributed by atoms with Crippen LogP contribution in [-0.4, -0.2) is 29.1 Å². The van der Waals surface area contributed by atoms with Gasteiger partial charge in [0.1, 0.15) is 5.69 Å². The summed E-state index contributed by atoms with van der Waals surface area (Å²) >= 11 is 0. The highest BCUT2D eigenvalue weighted by atomic mass is 16.4. The van der Waals surface area contributed by atoms with Crippen molar-refractivity contribution in [1.82, 2.24) is 10.3 Å². The molecule has 2 rings (SSSR count). The number of hydrogen-bond donors (Lipinski definition) is 3. The number of carboxylic acids is 1. The lowest BCUT2D eigenvalue weighted by molar-refractivity contribution is 0.0691. The van der Waals surface area contributed by atoms with E-state index in [1.807, 2.05) is 20.9 Å². The second-order valence-corrected chi connectivity index (χ2v) is 3.39. The summed E-state index contributed by atoms with van der Waals surface area (Å²) in [4.78, 5) is 13.5. The van der Waals surface area contributed by atoms with Gasteiger partial charge < -0.3 is 15.4 Å². The maximum absolute atomic E-state index is 10.6. The first-order chi connectivity index (χ1) is 7.20. The van der Waals surface area contributed by atoms with E-state index < -0.39 is 5.97 Å². The summed E-state index contributed by atoms with van der Waals surface area (Å²) in [5, 5.41) is 11.9. The number of hydrogen-bond acceptors (Lipinski definition) is 2. The summed E-state index contributed by atoms with van der Waals surface area (Å²) in [7, 11) is 1.93. The van der Waals surface area contributed by atoms with Crippen LogP contribution in [0.5, 0.6) is 0 Å². The molecule has 4 nitrogen and oxygen atoms in total. The average molecular weight is 210 g/mol. The van der Waals surface area contributed by atoms with Crippen molar-refractivity contribution in [3.63, 3.8) is 0 Å². The van der Waals surface area contributed by atoms with E-state index in [1.165, 1.54) is 0 Å². The molecule has 1 aromatic rings. The van der Waals surface area contributed by atoms with Crippen molar-refractivity contribution in [2.75, 3.05) is 7.05 Å². The van der Waals surface area contributed by atoms with Crippen molar-refractivity contribution in [3.05, 3.63) is 23.0 Å². The van der Waals surface area contributed by atoms with Gasteiger partial charge in [-0.05, 0) is 25.1 Å². The van der Waals surface area contributed by atoms with Gasteiger partial charge in [0, 0.05) is 18.2 Å². The van der Waals surface area contributed by atoms with Gasteiger partial charge in [-0.15, -0.1) is 0 Å². The van der Waals surface area contributed by atoms with Gasteiger partial charge in [0.15, 0.2) is 0 Å². The number of aromatic nitrogens is 1. The molecule has 0 aliphatic heterocycles. The number of H-pyrrole nitrogens is 1. The van der Waals surface area contributed by atoms with Crippen LogP contribution in [0.3, 0.4) is 0 Å². The molecular formula is C11H18N2O2. The lowest BCUT2D eigenvalue weighted by Gasteiger charge is -2.05. The molecular weight excluding hydrogens is 192 g/mol. The zero-order valence-electron chi connectivity index (χ0n) is 9.42. The number of aromatic amines is 1. The molecule has 1 heterocycles. The van der Waals surface area contributed by atoms with Crippen LogP contribution < -0.4 is 5.32 Å². The molecule has 3 N–H and O–H groups in total. The summed E-state index contributed by atoms with van der Waals surface area (Å²) in [6.45, 7) is 4.00. The second kappa shape index (κ2) is 4.98. The van der Waals surface area contributed by atoms with Crippen LogP contribution >= 0.6 is 0 Å². The maximum Gasteiger partial charge on any atom is 0.352 e. The highest BCUT2D eigenvalue weighted by Crippen LogP contribution is 2.22. The Labute approximate surface area is 89.7 Å². The topological polar surface area (TPSA) is 65.1 Å². The molecule has 1 aliphatic rings. The minimum Gasteiger partial charge on any atom is -0.477 e. The molecule has 0 radical (unpaired) electrons. The fourth-order valence-corrected chi connectivity index (χ4v) is 1.81. The lowest BCUT2D eigenvalue weighted by atomic mass is 10.2. The first kappa shape index (κ1) is 11.8. The summed E-state index contributed by atoms with van der Waals surface area (Å²) in [6.07, 6.45) is 1.83. The Kier molecular flexibility index (Phi) is 3.91. The Morgan fingerprint density at radius 1 is 1.53 bits per heavy atom. The predicted molar refractivity (Wildman–Crippen MR) is 59.4 cm³/mol. The van der Waals surface area contributed by atoms with E-state index in [2.05, 4.69) is 10.3 Å². The molecule has 1 atom stereocenters. The summed E-state index contributed by atoms with van der Waals surface area (Å²) < 4.78 is 0. The van der Waals surface area contributed by atoms with E-state index in [0.717, 1.165) is 24.1 Å².